The number of halogens is 4. The molecule has 0 unspecified atom stereocenters. The number of hydrogen-bond acceptors (Lipinski definition) is 4. The number of hydrogen-bond donors (Lipinski definition) is 3. The van der Waals surface area contributed by atoms with Crippen LogP contribution < -0.4 is 0 Å². The predicted molar refractivity (Wildman–Crippen MR) is 143 cm³/mol. The van der Waals surface area contributed by atoms with Crippen LogP contribution in [0.2, 0.25) is 0 Å². The number of likely N-dealkylation sites (tertiary alicyclic amines) is 1. The van der Waals surface area contributed by atoms with Crippen molar-refractivity contribution in [3.8, 4) is 0 Å². The molecule has 5 rings (SSSR count). The number of alkyl halides is 2. The van der Waals surface area contributed by atoms with Gasteiger partial charge in [-0.3, -0.25) is 4.90 Å². The molecule has 2 aromatic carbocycles. The Bertz CT molecular complexity index is 1310. The summed E-state index contributed by atoms with van der Waals surface area (Å²) in [6.45, 7) is 5.41. The van der Waals surface area contributed by atoms with Gasteiger partial charge in [0.2, 0.25) is 0 Å². The van der Waals surface area contributed by atoms with Gasteiger partial charge in [-0.15, -0.1) is 0 Å². The van der Waals surface area contributed by atoms with Crippen molar-refractivity contribution in [2.24, 2.45) is 5.92 Å². The molecule has 0 saturated carbocycles. The summed E-state index contributed by atoms with van der Waals surface area (Å²) in [7, 11) is 0. The third-order valence-corrected chi connectivity index (χ3v) is 8.68. The second-order valence-electron chi connectivity index (χ2n) is 11.5. The van der Waals surface area contributed by atoms with E-state index >= 15 is 8.78 Å². The Hall–Kier alpha value is -2.46. The topological polar surface area (TPSA) is 62.7 Å². The van der Waals surface area contributed by atoms with Crippen LogP contribution in [0.3, 0.4) is 0 Å². The van der Waals surface area contributed by atoms with Crippen LogP contribution in [0.1, 0.15) is 62.0 Å². The molecular formula is C30H37F4N3O2. The van der Waals surface area contributed by atoms with E-state index in [0.29, 0.717) is 25.2 Å². The lowest BCUT2D eigenvalue weighted by atomic mass is 9.77. The molecule has 2 aliphatic heterocycles. The van der Waals surface area contributed by atoms with E-state index in [9.17, 15) is 19.0 Å². The van der Waals surface area contributed by atoms with E-state index in [1.807, 2.05) is 24.3 Å². The molecule has 212 valence electrons. The number of aliphatic hydroxyl groups excluding tert-OH is 1. The fourth-order valence-corrected chi connectivity index (χ4v) is 6.24. The zero-order chi connectivity index (χ0) is 28.1. The standard InChI is InChI=1S/C30H37F4N3O2/c1-4-5-10-36-14-20(15-36)29(3,39)19-12-23(31)26(24(32)13-19)28-27-22(21-8-6-7-9-25(21)35-27)11-18(2)37(28)16-30(33,34)17-38/h6-9,12-13,18,20,28,35,38-39H,4-5,10-11,14-17H2,1-3H3/t18-,28-,29-/m1/s1. The van der Waals surface area contributed by atoms with Gasteiger partial charge in [-0.25, -0.2) is 17.6 Å². The molecule has 3 atom stereocenters. The lowest BCUT2D eigenvalue weighted by Gasteiger charge is -2.47. The molecule has 1 aromatic heterocycles. The fraction of sp³-hybridized carbons (Fsp3) is 0.533. The van der Waals surface area contributed by atoms with Gasteiger partial charge in [-0.05, 0) is 62.6 Å². The minimum Gasteiger partial charge on any atom is -0.390 e. The van der Waals surface area contributed by atoms with Crippen LogP contribution in [-0.4, -0.2) is 69.7 Å². The van der Waals surface area contributed by atoms with Gasteiger partial charge in [0.25, 0.3) is 5.92 Å². The van der Waals surface area contributed by atoms with Crippen LogP contribution in [0.15, 0.2) is 36.4 Å². The minimum atomic E-state index is -3.46. The molecule has 39 heavy (non-hydrogen) atoms. The maximum atomic E-state index is 16.0. The Balaban J connectivity index is 1.56. The third kappa shape index (κ3) is 5.10. The number of para-hydroxylation sites is 1. The van der Waals surface area contributed by atoms with Crippen molar-refractivity contribution in [1.82, 2.24) is 14.8 Å². The Kier molecular flexibility index (Phi) is 7.56. The van der Waals surface area contributed by atoms with E-state index in [4.69, 9.17) is 0 Å². The van der Waals surface area contributed by atoms with E-state index < -0.39 is 48.4 Å². The van der Waals surface area contributed by atoms with Gasteiger partial charge in [-0.1, -0.05) is 31.5 Å². The molecule has 5 nitrogen and oxygen atoms in total. The quantitative estimate of drug-likeness (QED) is 0.316. The maximum Gasteiger partial charge on any atom is 0.283 e. The largest absolute Gasteiger partial charge is 0.390 e. The smallest absolute Gasteiger partial charge is 0.283 e. The highest BCUT2D eigenvalue weighted by atomic mass is 19.3. The number of nitrogens with zero attached hydrogens (tertiary/aromatic N) is 2. The molecule has 9 heteroatoms. The molecule has 3 N–H and O–H groups in total. The first-order valence-electron chi connectivity index (χ1n) is 13.7. The van der Waals surface area contributed by atoms with E-state index in [2.05, 4.69) is 16.8 Å². The Morgan fingerprint density at radius 3 is 2.41 bits per heavy atom. The summed E-state index contributed by atoms with van der Waals surface area (Å²) >= 11 is 0. The van der Waals surface area contributed by atoms with Gasteiger partial charge in [0.15, 0.2) is 0 Å². The van der Waals surface area contributed by atoms with Crippen LogP contribution in [-0.2, 0) is 12.0 Å². The monoisotopic (exact) mass is 547 g/mol. The lowest BCUT2D eigenvalue weighted by molar-refractivity contribution is -0.0870. The molecule has 2 aliphatic rings. The SMILES string of the molecule is CCCCN1CC([C@](C)(O)c2cc(F)c([C@@H]3c4[nH]c5ccccc5c4C[C@@H](C)N3CC(F)(F)CO)c(F)c2)C1. The van der Waals surface area contributed by atoms with E-state index in [1.165, 1.54) is 4.90 Å². The third-order valence-electron chi connectivity index (χ3n) is 8.68. The van der Waals surface area contributed by atoms with Crippen molar-refractivity contribution >= 4 is 10.9 Å². The summed E-state index contributed by atoms with van der Waals surface area (Å²) in [4.78, 5) is 6.82. The number of fused-ring (bicyclic) bond motifs is 3. The average Bonchev–Trinajstić information content (AvgIpc) is 3.22. The molecule has 0 aliphatic carbocycles. The normalized spacial score (nSPS) is 22.6. The second-order valence-corrected chi connectivity index (χ2v) is 11.5. The van der Waals surface area contributed by atoms with Gasteiger partial charge >= 0.3 is 0 Å². The van der Waals surface area contributed by atoms with E-state index in [0.717, 1.165) is 48.0 Å². The van der Waals surface area contributed by atoms with Crippen LogP contribution in [0, 0.1) is 17.6 Å². The number of rotatable bonds is 9. The molecule has 0 amide bonds. The molecule has 0 spiro atoms. The number of aromatic amines is 1. The van der Waals surface area contributed by atoms with Gasteiger partial charge < -0.3 is 20.1 Å². The van der Waals surface area contributed by atoms with Crippen molar-refractivity contribution < 1.29 is 27.8 Å². The van der Waals surface area contributed by atoms with Gasteiger partial charge in [0, 0.05) is 47.2 Å². The molecule has 1 fully saturated rings. The summed E-state index contributed by atoms with van der Waals surface area (Å²) in [5.41, 5.74) is 0.399. The van der Waals surface area contributed by atoms with Crippen molar-refractivity contribution in [1.29, 1.82) is 0 Å². The van der Waals surface area contributed by atoms with Gasteiger partial charge in [0.1, 0.15) is 18.2 Å². The Morgan fingerprint density at radius 1 is 1.10 bits per heavy atom. The highest BCUT2D eigenvalue weighted by Crippen LogP contribution is 2.45. The Labute approximate surface area is 226 Å². The number of aromatic nitrogens is 1. The molecule has 3 aromatic rings. The summed E-state index contributed by atoms with van der Waals surface area (Å²) in [6.07, 6.45) is 2.52. The maximum absolute atomic E-state index is 16.0. The number of nitrogens with one attached hydrogen (secondary N) is 1. The summed E-state index contributed by atoms with van der Waals surface area (Å²) < 4.78 is 61.0. The Morgan fingerprint density at radius 2 is 1.77 bits per heavy atom. The van der Waals surface area contributed by atoms with Crippen molar-refractivity contribution in [3.05, 3.63) is 70.4 Å². The summed E-state index contributed by atoms with van der Waals surface area (Å²) in [5.74, 6) is -5.42. The van der Waals surface area contributed by atoms with Crippen LogP contribution >= 0.6 is 0 Å². The fourth-order valence-electron chi connectivity index (χ4n) is 6.24. The van der Waals surface area contributed by atoms with E-state index in [1.54, 1.807) is 13.8 Å². The molecule has 3 heterocycles. The van der Waals surface area contributed by atoms with Crippen molar-refractivity contribution in [2.45, 2.75) is 63.6 Å². The first-order valence-corrected chi connectivity index (χ1v) is 13.7. The second kappa shape index (κ2) is 10.5. The van der Waals surface area contributed by atoms with Crippen molar-refractivity contribution in [2.75, 3.05) is 32.8 Å². The number of unbranched alkanes of at least 4 members (excludes halogenated alkanes) is 1. The first kappa shape index (κ1) is 28.1. The molecular weight excluding hydrogens is 510 g/mol. The highest BCUT2D eigenvalue weighted by Gasteiger charge is 2.45. The zero-order valence-electron chi connectivity index (χ0n) is 22.7. The van der Waals surface area contributed by atoms with Gasteiger partial charge in [0.05, 0.1) is 18.2 Å². The zero-order valence-corrected chi connectivity index (χ0v) is 22.7. The summed E-state index contributed by atoms with van der Waals surface area (Å²) in [5, 5.41) is 21.5. The summed E-state index contributed by atoms with van der Waals surface area (Å²) in [6, 6.07) is 8.10. The van der Waals surface area contributed by atoms with Crippen molar-refractivity contribution in [3.63, 3.8) is 0 Å². The molecule has 0 radical (unpaired) electrons. The van der Waals surface area contributed by atoms with Crippen LogP contribution in [0.4, 0.5) is 17.6 Å². The number of aliphatic hydroxyl groups is 2. The predicted octanol–water partition coefficient (Wildman–Crippen LogP) is 5.35. The van der Waals surface area contributed by atoms with Crippen LogP contribution in [0.25, 0.3) is 10.9 Å². The number of H-pyrrole nitrogens is 1. The first-order chi connectivity index (χ1) is 18.5. The average molecular weight is 548 g/mol. The molecule has 1 saturated heterocycles. The number of benzene rings is 2. The van der Waals surface area contributed by atoms with Gasteiger partial charge in [-0.2, -0.15) is 0 Å². The van der Waals surface area contributed by atoms with Crippen LogP contribution in [0.5, 0.6) is 0 Å². The van der Waals surface area contributed by atoms with E-state index in [-0.39, 0.29) is 17.0 Å². The highest BCUT2D eigenvalue weighted by molar-refractivity contribution is 5.85. The molecule has 0 bridgehead atoms. The lowest BCUT2D eigenvalue weighted by Crippen LogP contribution is -2.55. The minimum absolute atomic E-state index is 0.134.